The zero-order valence-corrected chi connectivity index (χ0v) is 13.3. The van der Waals surface area contributed by atoms with Gasteiger partial charge in [0.25, 0.3) is 0 Å². The molecule has 0 aromatic carbocycles. The molecule has 16 heavy (non-hydrogen) atoms. The Bertz CT molecular complexity index is 215. The lowest BCUT2D eigenvalue weighted by molar-refractivity contribution is 0.0535. The second-order valence-electron chi connectivity index (χ2n) is 6.62. The quantitative estimate of drug-likeness (QED) is 0.469. The maximum absolute atomic E-state index is 5.69. The van der Waals surface area contributed by atoms with E-state index in [-0.39, 0.29) is 0 Å². The first-order valence-corrected chi connectivity index (χ1v) is 10.1. The zero-order valence-electron chi connectivity index (χ0n) is 12.3. The fourth-order valence-corrected chi connectivity index (χ4v) is 4.10. The molecule has 2 heteroatoms. The van der Waals surface area contributed by atoms with Crippen molar-refractivity contribution in [1.29, 1.82) is 0 Å². The minimum atomic E-state index is -1.05. The molecular formula is C14H30OSi. The second-order valence-corrected chi connectivity index (χ2v) is 12.2. The van der Waals surface area contributed by atoms with E-state index in [1.165, 1.54) is 11.6 Å². The number of hydrogen-bond donors (Lipinski definition) is 0. The van der Waals surface area contributed by atoms with Crippen LogP contribution in [-0.4, -0.2) is 21.3 Å². The summed E-state index contributed by atoms with van der Waals surface area (Å²) in [5, 5.41) is 0. The highest BCUT2D eigenvalue weighted by atomic mass is 28.3. The van der Waals surface area contributed by atoms with E-state index in [1.54, 1.807) is 0 Å². The largest absolute Gasteiger partial charge is 0.381 e. The lowest BCUT2D eigenvalue weighted by Gasteiger charge is -2.32. The van der Waals surface area contributed by atoms with Crippen molar-refractivity contribution in [3.8, 4) is 0 Å². The van der Waals surface area contributed by atoms with Crippen molar-refractivity contribution in [2.24, 2.45) is 11.8 Å². The smallest absolute Gasteiger partial charge is 0.0636 e. The second kappa shape index (κ2) is 6.60. The summed E-state index contributed by atoms with van der Waals surface area (Å²) in [6, 6.07) is 1.29. The van der Waals surface area contributed by atoms with Gasteiger partial charge in [0.2, 0.25) is 0 Å². The van der Waals surface area contributed by atoms with Crippen molar-refractivity contribution in [1.82, 2.24) is 0 Å². The monoisotopic (exact) mass is 242 g/mol. The van der Waals surface area contributed by atoms with Gasteiger partial charge in [-0.2, -0.15) is 0 Å². The van der Waals surface area contributed by atoms with Crippen LogP contribution in [0, 0.1) is 11.8 Å². The minimum Gasteiger partial charge on any atom is -0.381 e. The molecule has 0 aliphatic carbocycles. The van der Waals surface area contributed by atoms with Gasteiger partial charge in [-0.05, 0) is 25.3 Å². The average molecular weight is 242 g/mol. The van der Waals surface area contributed by atoms with Crippen molar-refractivity contribution in [2.75, 3.05) is 7.11 Å². The van der Waals surface area contributed by atoms with E-state index < -0.39 is 8.07 Å². The first-order chi connectivity index (χ1) is 7.17. The van der Waals surface area contributed by atoms with E-state index in [4.69, 9.17) is 4.74 Å². The SMILES string of the molecule is C=C(C)C(C[Si](C)(C)C)C(CC(C)C)OC. The summed E-state index contributed by atoms with van der Waals surface area (Å²) in [7, 11) is 0.786. The maximum atomic E-state index is 5.69. The van der Waals surface area contributed by atoms with Gasteiger partial charge in [0.15, 0.2) is 0 Å². The maximum Gasteiger partial charge on any atom is 0.0636 e. The highest BCUT2D eigenvalue weighted by Gasteiger charge is 2.28. The van der Waals surface area contributed by atoms with Gasteiger partial charge in [0.05, 0.1) is 6.10 Å². The Morgan fingerprint density at radius 3 is 2.00 bits per heavy atom. The van der Waals surface area contributed by atoms with Gasteiger partial charge < -0.3 is 4.74 Å². The number of ether oxygens (including phenoxy) is 1. The first kappa shape index (κ1) is 15.9. The topological polar surface area (TPSA) is 9.23 Å². The molecular weight excluding hydrogens is 212 g/mol. The van der Waals surface area contributed by atoms with E-state index in [2.05, 4.69) is 47.0 Å². The van der Waals surface area contributed by atoms with Crippen molar-refractivity contribution in [3.05, 3.63) is 12.2 Å². The molecule has 0 N–H and O–H groups in total. The average Bonchev–Trinajstić information content (AvgIpc) is 2.08. The van der Waals surface area contributed by atoms with Gasteiger partial charge in [-0.25, -0.2) is 0 Å². The fourth-order valence-electron chi connectivity index (χ4n) is 2.17. The first-order valence-electron chi connectivity index (χ1n) is 6.35. The van der Waals surface area contributed by atoms with E-state index in [0.717, 1.165) is 6.42 Å². The van der Waals surface area contributed by atoms with Gasteiger partial charge in [-0.1, -0.05) is 45.6 Å². The molecule has 0 aromatic rings. The molecule has 0 aliphatic rings. The van der Waals surface area contributed by atoms with Gasteiger partial charge in [-0.3, -0.25) is 0 Å². The summed E-state index contributed by atoms with van der Waals surface area (Å²) in [5.74, 6) is 1.23. The Balaban J connectivity index is 4.66. The third-order valence-electron chi connectivity index (χ3n) is 2.92. The standard InChI is InChI=1S/C14H30OSi/c1-11(2)9-14(15-5)13(12(3)4)10-16(6,7)8/h11,13-14H,3,9-10H2,1-2,4-8H3. The lowest BCUT2D eigenvalue weighted by atomic mass is 9.91. The van der Waals surface area contributed by atoms with Crippen LogP contribution in [0.25, 0.3) is 0 Å². The third kappa shape index (κ3) is 6.49. The van der Waals surface area contributed by atoms with Crippen LogP contribution in [0.2, 0.25) is 25.7 Å². The van der Waals surface area contributed by atoms with Crippen LogP contribution in [0.3, 0.4) is 0 Å². The Morgan fingerprint density at radius 1 is 1.25 bits per heavy atom. The van der Waals surface area contributed by atoms with Crippen molar-refractivity contribution >= 4 is 8.07 Å². The Morgan fingerprint density at radius 2 is 1.75 bits per heavy atom. The van der Waals surface area contributed by atoms with Crippen LogP contribution in [-0.2, 0) is 4.74 Å². The van der Waals surface area contributed by atoms with Gasteiger partial charge >= 0.3 is 0 Å². The van der Waals surface area contributed by atoms with Gasteiger partial charge in [0, 0.05) is 21.1 Å². The van der Waals surface area contributed by atoms with Crippen molar-refractivity contribution in [3.63, 3.8) is 0 Å². The van der Waals surface area contributed by atoms with Gasteiger partial charge in [-0.15, -0.1) is 0 Å². The van der Waals surface area contributed by atoms with E-state index in [0.29, 0.717) is 17.9 Å². The van der Waals surface area contributed by atoms with Gasteiger partial charge in [0.1, 0.15) is 0 Å². The molecule has 0 amide bonds. The molecule has 0 spiro atoms. The molecule has 96 valence electrons. The van der Waals surface area contributed by atoms with E-state index in [9.17, 15) is 0 Å². The summed E-state index contributed by atoms with van der Waals surface area (Å²) >= 11 is 0. The number of hydrogen-bond acceptors (Lipinski definition) is 1. The predicted molar refractivity (Wildman–Crippen MR) is 76.7 cm³/mol. The summed E-state index contributed by atoms with van der Waals surface area (Å²) in [6.07, 6.45) is 1.49. The molecule has 1 nitrogen and oxygen atoms in total. The van der Waals surface area contributed by atoms with Crippen LogP contribution in [0.4, 0.5) is 0 Å². The molecule has 0 saturated heterocycles. The molecule has 0 heterocycles. The van der Waals surface area contributed by atoms with Crippen LogP contribution < -0.4 is 0 Å². The molecule has 0 rings (SSSR count). The molecule has 0 saturated carbocycles. The fraction of sp³-hybridized carbons (Fsp3) is 0.857. The summed E-state index contributed by atoms with van der Waals surface area (Å²) in [6.45, 7) is 18.1. The van der Waals surface area contributed by atoms with Crippen LogP contribution in [0.1, 0.15) is 27.2 Å². The molecule has 2 atom stereocenters. The number of rotatable bonds is 7. The zero-order chi connectivity index (χ0) is 12.9. The van der Waals surface area contributed by atoms with Crippen LogP contribution in [0.15, 0.2) is 12.2 Å². The molecule has 0 bridgehead atoms. The van der Waals surface area contributed by atoms with Crippen molar-refractivity contribution in [2.45, 2.75) is 59.0 Å². The van der Waals surface area contributed by atoms with E-state index in [1.807, 2.05) is 7.11 Å². The highest BCUT2D eigenvalue weighted by Crippen LogP contribution is 2.30. The Hall–Kier alpha value is -0.0831. The minimum absolute atomic E-state index is 0.351. The van der Waals surface area contributed by atoms with Crippen molar-refractivity contribution < 1.29 is 4.74 Å². The molecule has 0 aromatic heterocycles. The highest BCUT2D eigenvalue weighted by molar-refractivity contribution is 6.76. The summed E-state index contributed by atoms with van der Waals surface area (Å²) in [5.41, 5.74) is 1.29. The lowest BCUT2D eigenvalue weighted by Crippen LogP contribution is -2.33. The number of methoxy groups -OCH3 is 1. The Kier molecular flexibility index (Phi) is 6.57. The third-order valence-corrected chi connectivity index (χ3v) is 4.59. The normalized spacial score (nSPS) is 16.2. The van der Waals surface area contributed by atoms with Crippen LogP contribution in [0.5, 0.6) is 0 Å². The van der Waals surface area contributed by atoms with Crippen LogP contribution >= 0.6 is 0 Å². The molecule has 0 aliphatic heterocycles. The molecule has 2 unspecified atom stereocenters. The predicted octanol–water partition coefficient (Wildman–Crippen LogP) is 4.58. The molecule has 0 fully saturated rings. The molecule has 0 radical (unpaired) electrons. The van der Waals surface area contributed by atoms with E-state index >= 15 is 0 Å². The Labute approximate surface area is 103 Å². The summed E-state index contributed by atoms with van der Waals surface area (Å²) in [4.78, 5) is 0. The summed E-state index contributed by atoms with van der Waals surface area (Å²) < 4.78 is 5.69.